The highest BCUT2D eigenvalue weighted by Gasteiger charge is 2.54. The van der Waals surface area contributed by atoms with E-state index in [9.17, 15) is 13.2 Å². The zero-order valence-electron chi connectivity index (χ0n) is 7.69. The van der Waals surface area contributed by atoms with Gasteiger partial charge in [-0.05, 0) is 31.6 Å². The molecule has 4 heteroatoms. The molecule has 78 valence electrons. The topological polar surface area (TPSA) is 20.2 Å². The van der Waals surface area contributed by atoms with Crippen LogP contribution in [0.4, 0.5) is 13.2 Å². The zero-order valence-corrected chi connectivity index (χ0v) is 7.69. The van der Waals surface area contributed by atoms with Gasteiger partial charge < -0.3 is 5.11 Å². The molecule has 0 saturated heterocycles. The van der Waals surface area contributed by atoms with E-state index in [2.05, 4.69) is 0 Å². The van der Waals surface area contributed by atoms with E-state index in [4.69, 9.17) is 5.11 Å². The summed E-state index contributed by atoms with van der Waals surface area (Å²) in [5.74, 6) is 0.363. The molecule has 0 aromatic carbocycles. The monoisotopic (exact) mass is 196 g/mol. The summed E-state index contributed by atoms with van der Waals surface area (Å²) in [5, 5.41) is 8.84. The Labute approximate surface area is 75.9 Å². The van der Waals surface area contributed by atoms with Gasteiger partial charge in [0.05, 0.1) is 12.0 Å². The Morgan fingerprint density at radius 1 is 1.31 bits per heavy atom. The first-order valence-electron chi connectivity index (χ1n) is 4.59. The molecule has 0 spiro atoms. The number of rotatable bonds is 1. The molecule has 1 aliphatic rings. The van der Waals surface area contributed by atoms with E-state index in [0.717, 1.165) is 0 Å². The van der Waals surface area contributed by atoms with Gasteiger partial charge in [0.15, 0.2) is 0 Å². The van der Waals surface area contributed by atoms with E-state index < -0.39 is 18.2 Å². The fourth-order valence-electron chi connectivity index (χ4n) is 1.85. The molecule has 0 amide bonds. The van der Waals surface area contributed by atoms with Gasteiger partial charge >= 0.3 is 6.18 Å². The number of hydrogen-bond donors (Lipinski definition) is 1. The Morgan fingerprint density at radius 2 is 1.77 bits per heavy atom. The van der Waals surface area contributed by atoms with Crippen molar-refractivity contribution in [1.29, 1.82) is 0 Å². The van der Waals surface area contributed by atoms with E-state index in [-0.39, 0.29) is 12.8 Å². The minimum atomic E-state index is -4.25. The largest absolute Gasteiger partial charge is 0.396 e. The Kier molecular flexibility index (Phi) is 2.90. The summed E-state index contributed by atoms with van der Waals surface area (Å²) in [6, 6.07) is 0. The van der Waals surface area contributed by atoms with Gasteiger partial charge in [-0.2, -0.15) is 13.2 Å². The third-order valence-corrected chi connectivity index (χ3v) is 3.14. The molecule has 1 saturated carbocycles. The van der Waals surface area contributed by atoms with Crippen molar-refractivity contribution in [2.24, 2.45) is 11.3 Å². The van der Waals surface area contributed by atoms with Crippen LogP contribution in [0.15, 0.2) is 0 Å². The van der Waals surface area contributed by atoms with Crippen molar-refractivity contribution in [1.82, 2.24) is 0 Å². The van der Waals surface area contributed by atoms with Crippen LogP contribution in [0, 0.1) is 11.3 Å². The van der Waals surface area contributed by atoms with Crippen molar-refractivity contribution in [2.75, 3.05) is 6.61 Å². The maximum absolute atomic E-state index is 12.6. The van der Waals surface area contributed by atoms with Crippen molar-refractivity contribution < 1.29 is 18.3 Å². The van der Waals surface area contributed by atoms with Crippen molar-refractivity contribution in [3.63, 3.8) is 0 Å². The van der Waals surface area contributed by atoms with Crippen LogP contribution in [0.25, 0.3) is 0 Å². The van der Waals surface area contributed by atoms with E-state index in [1.54, 1.807) is 0 Å². The van der Waals surface area contributed by atoms with Gasteiger partial charge in [-0.25, -0.2) is 0 Å². The maximum Gasteiger partial charge on any atom is 0.396 e. The summed E-state index contributed by atoms with van der Waals surface area (Å²) in [4.78, 5) is 0. The summed E-state index contributed by atoms with van der Waals surface area (Å²) in [6.45, 7) is 1.20. The van der Waals surface area contributed by atoms with Gasteiger partial charge in [0.2, 0.25) is 0 Å². The second-order valence-electron chi connectivity index (χ2n) is 4.12. The van der Waals surface area contributed by atoms with Crippen molar-refractivity contribution in [2.45, 2.75) is 38.8 Å². The summed E-state index contributed by atoms with van der Waals surface area (Å²) >= 11 is 0. The van der Waals surface area contributed by atoms with Gasteiger partial charge in [-0.1, -0.05) is 6.92 Å². The molecule has 1 rings (SSSR count). The lowest BCUT2D eigenvalue weighted by atomic mass is 9.71. The minimum absolute atomic E-state index is 0.0775. The molecule has 0 aromatic rings. The van der Waals surface area contributed by atoms with Crippen LogP contribution < -0.4 is 0 Å². The summed E-state index contributed by atoms with van der Waals surface area (Å²) in [6.07, 6.45) is -2.95. The summed E-state index contributed by atoms with van der Waals surface area (Å²) in [7, 11) is 0. The van der Waals surface area contributed by atoms with Gasteiger partial charge in [0.1, 0.15) is 0 Å². The van der Waals surface area contributed by atoms with Crippen molar-refractivity contribution in [3.05, 3.63) is 0 Å². The van der Waals surface area contributed by atoms with Crippen molar-refractivity contribution in [3.8, 4) is 0 Å². The molecule has 1 fully saturated rings. The van der Waals surface area contributed by atoms with Crippen LogP contribution in [0.2, 0.25) is 0 Å². The molecular formula is C9H15F3O. The number of alkyl halides is 3. The van der Waals surface area contributed by atoms with Crippen LogP contribution in [0.1, 0.15) is 32.6 Å². The van der Waals surface area contributed by atoms with Crippen LogP contribution in [0.5, 0.6) is 0 Å². The number of hydrogen-bond acceptors (Lipinski definition) is 1. The Balaban J connectivity index is 2.72. The number of aliphatic hydroxyl groups excluding tert-OH is 1. The smallest absolute Gasteiger partial charge is 0.395 e. The molecule has 0 heterocycles. The highest BCUT2D eigenvalue weighted by Crippen LogP contribution is 2.49. The van der Waals surface area contributed by atoms with Gasteiger partial charge in [-0.3, -0.25) is 0 Å². The molecular weight excluding hydrogens is 181 g/mol. The van der Waals surface area contributed by atoms with Crippen LogP contribution in [-0.2, 0) is 0 Å². The molecule has 0 unspecified atom stereocenters. The molecule has 0 radical (unpaired) electrons. The maximum atomic E-state index is 12.6. The average Bonchev–Trinajstić information content (AvgIpc) is 2.04. The first-order valence-corrected chi connectivity index (χ1v) is 4.59. The minimum Gasteiger partial charge on any atom is -0.395 e. The Morgan fingerprint density at radius 3 is 2.08 bits per heavy atom. The summed E-state index contributed by atoms with van der Waals surface area (Å²) < 4.78 is 37.7. The molecule has 1 aliphatic carbocycles. The van der Waals surface area contributed by atoms with E-state index in [1.165, 1.54) is 0 Å². The molecule has 0 aromatic heterocycles. The lowest BCUT2D eigenvalue weighted by Gasteiger charge is -2.39. The van der Waals surface area contributed by atoms with Crippen molar-refractivity contribution >= 4 is 0 Å². The Hall–Kier alpha value is -0.250. The van der Waals surface area contributed by atoms with Gasteiger partial charge in [0, 0.05) is 0 Å². The third-order valence-electron chi connectivity index (χ3n) is 3.14. The average molecular weight is 196 g/mol. The molecule has 1 N–H and O–H groups in total. The highest BCUT2D eigenvalue weighted by molar-refractivity contribution is 4.90. The lowest BCUT2D eigenvalue weighted by molar-refractivity contribution is -0.247. The molecule has 13 heavy (non-hydrogen) atoms. The van der Waals surface area contributed by atoms with E-state index in [1.807, 2.05) is 6.92 Å². The number of halogens is 3. The van der Waals surface area contributed by atoms with E-state index >= 15 is 0 Å². The normalized spacial score (nSPS) is 36.2. The zero-order chi connectivity index (χ0) is 10.1. The lowest BCUT2D eigenvalue weighted by Crippen LogP contribution is -2.43. The van der Waals surface area contributed by atoms with Gasteiger partial charge in [0.25, 0.3) is 0 Å². The second kappa shape index (κ2) is 3.48. The third kappa shape index (κ3) is 1.98. The number of aliphatic hydroxyl groups is 1. The molecule has 0 aliphatic heterocycles. The fraction of sp³-hybridized carbons (Fsp3) is 1.00. The summed E-state index contributed by atoms with van der Waals surface area (Å²) in [5.41, 5.74) is -1.81. The standard InChI is InChI=1S/C9H15F3O/c1-7-2-4-8(6-13,5-3-7)9(10,11)12/h7,13H,2-6H2,1H3. The van der Waals surface area contributed by atoms with Crippen LogP contribution in [-0.4, -0.2) is 17.9 Å². The molecule has 1 nitrogen and oxygen atoms in total. The predicted molar refractivity (Wildman–Crippen MR) is 43.2 cm³/mol. The predicted octanol–water partition coefficient (Wildman–Crippen LogP) is 2.74. The SMILES string of the molecule is CC1CCC(CO)(C(F)(F)F)CC1. The molecule has 0 atom stereocenters. The Bertz CT molecular complexity index is 168. The molecule has 0 bridgehead atoms. The van der Waals surface area contributed by atoms with Crippen LogP contribution in [0.3, 0.4) is 0 Å². The quantitative estimate of drug-likeness (QED) is 0.683. The fourth-order valence-corrected chi connectivity index (χ4v) is 1.85. The highest BCUT2D eigenvalue weighted by atomic mass is 19.4. The van der Waals surface area contributed by atoms with E-state index in [0.29, 0.717) is 18.8 Å². The second-order valence-corrected chi connectivity index (χ2v) is 4.12. The van der Waals surface area contributed by atoms with Gasteiger partial charge in [-0.15, -0.1) is 0 Å². The first kappa shape index (κ1) is 10.8. The first-order chi connectivity index (χ1) is 5.91. The van der Waals surface area contributed by atoms with Crippen LogP contribution >= 0.6 is 0 Å².